The molecule has 19 heavy (non-hydrogen) atoms. The zero-order chi connectivity index (χ0) is 13.7. The average molecular weight is 264 g/mol. The lowest BCUT2D eigenvalue weighted by Gasteiger charge is -2.29. The minimum Gasteiger partial charge on any atom is -0.448 e. The van der Waals surface area contributed by atoms with Crippen molar-refractivity contribution in [3.8, 4) is 0 Å². The van der Waals surface area contributed by atoms with E-state index in [9.17, 15) is 0 Å². The van der Waals surface area contributed by atoms with Gasteiger partial charge >= 0.3 is 0 Å². The predicted octanol–water partition coefficient (Wildman–Crippen LogP) is 4.03. The van der Waals surface area contributed by atoms with Gasteiger partial charge in [-0.25, -0.2) is 4.98 Å². The molecule has 108 valence electrons. The summed E-state index contributed by atoms with van der Waals surface area (Å²) in [7, 11) is 0. The number of hydrogen-bond donors (Lipinski definition) is 1. The molecule has 1 N–H and O–H groups in total. The molecule has 1 fully saturated rings. The minimum absolute atomic E-state index is 0.258. The van der Waals surface area contributed by atoms with Gasteiger partial charge in [0.05, 0.1) is 5.69 Å². The van der Waals surface area contributed by atoms with Gasteiger partial charge in [-0.2, -0.15) is 0 Å². The highest BCUT2D eigenvalue weighted by Crippen LogP contribution is 2.46. The standard InChI is InChI=1S/C16H28N2O/c1-4-9-17-11-14-15(19-12-18-14)16(10-13(2)3)7-5-6-8-16/h12-13,17H,4-11H2,1-3H3. The van der Waals surface area contributed by atoms with Crippen molar-refractivity contribution >= 4 is 0 Å². The van der Waals surface area contributed by atoms with Crippen LogP contribution < -0.4 is 5.32 Å². The summed E-state index contributed by atoms with van der Waals surface area (Å²) in [5.74, 6) is 1.88. The smallest absolute Gasteiger partial charge is 0.181 e. The van der Waals surface area contributed by atoms with Crippen molar-refractivity contribution in [1.29, 1.82) is 0 Å². The van der Waals surface area contributed by atoms with E-state index in [0.29, 0.717) is 5.92 Å². The van der Waals surface area contributed by atoms with Gasteiger partial charge in [-0.15, -0.1) is 0 Å². The van der Waals surface area contributed by atoms with E-state index < -0.39 is 0 Å². The first-order valence-corrected chi connectivity index (χ1v) is 7.81. The molecule has 1 aromatic rings. The Morgan fingerprint density at radius 1 is 1.37 bits per heavy atom. The molecule has 0 radical (unpaired) electrons. The first-order chi connectivity index (χ1) is 9.18. The van der Waals surface area contributed by atoms with Crippen molar-refractivity contribution in [1.82, 2.24) is 10.3 Å². The number of oxazole rings is 1. The van der Waals surface area contributed by atoms with Gasteiger partial charge in [0.2, 0.25) is 0 Å². The molecule has 1 saturated carbocycles. The first kappa shape index (κ1) is 14.6. The van der Waals surface area contributed by atoms with Gasteiger partial charge in [-0.1, -0.05) is 33.6 Å². The zero-order valence-corrected chi connectivity index (χ0v) is 12.7. The summed E-state index contributed by atoms with van der Waals surface area (Å²) < 4.78 is 5.83. The maximum absolute atomic E-state index is 5.83. The number of hydrogen-bond acceptors (Lipinski definition) is 3. The van der Waals surface area contributed by atoms with Crippen molar-refractivity contribution < 1.29 is 4.42 Å². The Morgan fingerprint density at radius 2 is 2.11 bits per heavy atom. The minimum atomic E-state index is 0.258. The SMILES string of the molecule is CCCNCc1ncoc1C1(CC(C)C)CCCC1. The third-order valence-corrected chi connectivity index (χ3v) is 4.20. The second kappa shape index (κ2) is 6.56. The predicted molar refractivity (Wildman–Crippen MR) is 78.1 cm³/mol. The van der Waals surface area contributed by atoms with Crippen molar-refractivity contribution in [2.45, 2.75) is 71.3 Å². The van der Waals surface area contributed by atoms with E-state index in [1.807, 2.05) is 0 Å². The quantitative estimate of drug-likeness (QED) is 0.755. The van der Waals surface area contributed by atoms with Crippen LogP contribution in [-0.2, 0) is 12.0 Å². The van der Waals surface area contributed by atoms with E-state index in [4.69, 9.17) is 4.42 Å². The molecule has 0 amide bonds. The fraction of sp³-hybridized carbons (Fsp3) is 0.812. The molecule has 0 aromatic carbocycles. The molecule has 0 saturated heterocycles. The highest BCUT2D eigenvalue weighted by molar-refractivity contribution is 5.21. The number of nitrogens with zero attached hydrogens (tertiary/aromatic N) is 1. The van der Waals surface area contributed by atoms with E-state index in [-0.39, 0.29) is 5.41 Å². The van der Waals surface area contributed by atoms with Crippen molar-refractivity contribution in [3.63, 3.8) is 0 Å². The summed E-state index contributed by atoms with van der Waals surface area (Å²) in [4.78, 5) is 4.46. The van der Waals surface area contributed by atoms with Crippen LogP contribution >= 0.6 is 0 Å². The fourth-order valence-electron chi connectivity index (χ4n) is 3.57. The first-order valence-electron chi connectivity index (χ1n) is 7.81. The highest BCUT2D eigenvalue weighted by atomic mass is 16.3. The fourth-order valence-corrected chi connectivity index (χ4v) is 3.57. The normalized spacial score (nSPS) is 18.3. The second-order valence-corrected chi connectivity index (χ2v) is 6.39. The van der Waals surface area contributed by atoms with Crippen LogP contribution in [0.2, 0.25) is 0 Å². The van der Waals surface area contributed by atoms with Gasteiger partial charge in [0, 0.05) is 12.0 Å². The van der Waals surface area contributed by atoms with Crippen LogP contribution in [0.3, 0.4) is 0 Å². The van der Waals surface area contributed by atoms with E-state index in [0.717, 1.165) is 25.2 Å². The molecule has 3 nitrogen and oxygen atoms in total. The van der Waals surface area contributed by atoms with Crippen LogP contribution in [0.1, 0.15) is 70.8 Å². The average Bonchev–Trinajstić information content (AvgIpc) is 2.98. The summed E-state index contributed by atoms with van der Waals surface area (Å²) in [5, 5.41) is 3.45. The van der Waals surface area contributed by atoms with Crippen LogP contribution in [0, 0.1) is 5.92 Å². The molecule has 0 aliphatic heterocycles. The Labute approximate surface area is 117 Å². The lowest BCUT2D eigenvalue weighted by Crippen LogP contribution is -2.27. The lowest BCUT2D eigenvalue weighted by atomic mass is 9.76. The van der Waals surface area contributed by atoms with Crippen LogP contribution in [0.4, 0.5) is 0 Å². The van der Waals surface area contributed by atoms with Gasteiger partial charge < -0.3 is 9.73 Å². The highest BCUT2D eigenvalue weighted by Gasteiger charge is 2.40. The monoisotopic (exact) mass is 264 g/mol. The Balaban J connectivity index is 2.15. The molecular formula is C16H28N2O. The summed E-state index contributed by atoms with van der Waals surface area (Å²) in [6.07, 6.45) is 9.21. The maximum Gasteiger partial charge on any atom is 0.181 e. The van der Waals surface area contributed by atoms with Crippen LogP contribution in [0.15, 0.2) is 10.8 Å². The van der Waals surface area contributed by atoms with Gasteiger partial charge in [-0.05, 0) is 38.1 Å². The third kappa shape index (κ3) is 3.38. The van der Waals surface area contributed by atoms with Crippen molar-refractivity contribution in [2.24, 2.45) is 5.92 Å². The number of aromatic nitrogens is 1. The Bertz CT molecular complexity index is 378. The summed E-state index contributed by atoms with van der Waals surface area (Å²) in [6, 6.07) is 0. The second-order valence-electron chi connectivity index (χ2n) is 6.39. The number of rotatable bonds is 7. The molecule has 0 spiro atoms. The molecule has 0 atom stereocenters. The number of nitrogens with one attached hydrogen (secondary N) is 1. The van der Waals surface area contributed by atoms with E-state index in [1.54, 1.807) is 6.39 Å². The lowest BCUT2D eigenvalue weighted by molar-refractivity contribution is 0.281. The van der Waals surface area contributed by atoms with Gasteiger partial charge in [0.1, 0.15) is 5.76 Å². The molecule has 3 heteroatoms. The molecule has 2 rings (SSSR count). The zero-order valence-electron chi connectivity index (χ0n) is 12.7. The van der Waals surface area contributed by atoms with Gasteiger partial charge in [0.15, 0.2) is 6.39 Å². The van der Waals surface area contributed by atoms with Crippen LogP contribution in [0.5, 0.6) is 0 Å². The van der Waals surface area contributed by atoms with Crippen molar-refractivity contribution in [2.75, 3.05) is 6.54 Å². The Morgan fingerprint density at radius 3 is 2.74 bits per heavy atom. The topological polar surface area (TPSA) is 38.1 Å². The molecule has 0 unspecified atom stereocenters. The molecular weight excluding hydrogens is 236 g/mol. The molecule has 1 aliphatic carbocycles. The third-order valence-electron chi connectivity index (χ3n) is 4.20. The maximum atomic E-state index is 5.83. The van der Waals surface area contributed by atoms with Gasteiger partial charge in [-0.3, -0.25) is 0 Å². The Kier molecular flexibility index (Phi) is 5.03. The Hall–Kier alpha value is -0.830. The van der Waals surface area contributed by atoms with E-state index in [2.05, 4.69) is 31.1 Å². The van der Waals surface area contributed by atoms with Crippen LogP contribution in [-0.4, -0.2) is 11.5 Å². The summed E-state index contributed by atoms with van der Waals surface area (Å²) >= 11 is 0. The molecule has 1 aliphatic rings. The van der Waals surface area contributed by atoms with E-state index in [1.165, 1.54) is 37.9 Å². The van der Waals surface area contributed by atoms with Crippen LogP contribution in [0.25, 0.3) is 0 Å². The van der Waals surface area contributed by atoms with Gasteiger partial charge in [0.25, 0.3) is 0 Å². The molecule has 0 bridgehead atoms. The van der Waals surface area contributed by atoms with E-state index >= 15 is 0 Å². The summed E-state index contributed by atoms with van der Waals surface area (Å²) in [6.45, 7) is 8.70. The van der Waals surface area contributed by atoms with Crippen molar-refractivity contribution in [3.05, 3.63) is 17.8 Å². The molecule has 1 aromatic heterocycles. The largest absolute Gasteiger partial charge is 0.448 e. The molecule has 1 heterocycles. The summed E-state index contributed by atoms with van der Waals surface area (Å²) in [5.41, 5.74) is 1.39.